The van der Waals surface area contributed by atoms with Crippen LogP contribution < -0.4 is 0 Å². The van der Waals surface area contributed by atoms with E-state index >= 15 is 0 Å². The van der Waals surface area contributed by atoms with Crippen molar-refractivity contribution in [1.82, 2.24) is 0 Å². The highest BCUT2D eigenvalue weighted by Crippen LogP contribution is 2.41. The minimum absolute atomic E-state index is 0.00290. The molecule has 31 heavy (non-hydrogen) atoms. The zero-order valence-electron chi connectivity index (χ0n) is 21.1. The molecule has 0 aromatic rings. The van der Waals surface area contributed by atoms with Gasteiger partial charge in [-0.3, -0.25) is 0 Å². The van der Waals surface area contributed by atoms with Crippen LogP contribution in [0.4, 0.5) is 0 Å². The highest BCUT2D eigenvalue weighted by Gasteiger charge is 2.36. The van der Waals surface area contributed by atoms with E-state index in [0.29, 0.717) is 23.7 Å². The van der Waals surface area contributed by atoms with Crippen molar-refractivity contribution in [2.24, 2.45) is 29.1 Å². The smallest absolute Gasteiger partial charge is 0.0622 e. The molecular formula is C27H52O4. The van der Waals surface area contributed by atoms with Gasteiger partial charge >= 0.3 is 0 Å². The third-order valence-corrected chi connectivity index (χ3v) is 8.66. The zero-order valence-corrected chi connectivity index (χ0v) is 21.1. The molecule has 2 aliphatic carbocycles. The molecule has 0 heterocycles. The van der Waals surface area contributed by atoms with Gasteiger partial charge in [0.1, 0.15) is 0 Å². The molecule has 2 rings (SSSR count). The van der Waals surface area contributed by atoms with E-state index in [1.807, 2.05) is 0 Å². The van der Waals surface area contributed by atoms with Crippen molar-refractivity contribution in [2.45, 2.75) is 129 Å². The highest BCUT2D eigenvalue weighted by atomic mass is 16.5. The average Bonchev–Trinajstić information content (AvgIpc) is 3.25. The molecule has 2 saturated carbocycles. The number of methoxy groups -OCH3 is 1. The van der Waals surface area contributed by atoms with Gasteiger partial charge in [0.25, 0.3) is 0 Å². The highest BCUT2D eigenvalue weighted by molar-refractivity contribution is 4.88. The van der Waals surface area contributed by atoms with Gasteiger partial charge < -0.3 is 20.1 Å². The van der Waals surface area contributed by atoms with Crippen LogP contribution in [0, 0.1) is 29.1 Å². The van der Waals surface area contributed by atoms with E-state index in [0.717, 1.165) is 83.5 Å². The summed E-state index contributed by atoms with van der Waals surface area (Å²) in [7, 11) is 1.78. The van der Waals surface area contributed by atoms with Crippen molar-refractivity contribution >= 4 is 0 Å². The number of aliphatic hydroxyl groups is 3. The molecule has 3 N–H and O–H groups in total. The van der Waals surface area contributed by atoms with Crippen LogP contribution in [0.15, 0.2) is 0 Å². The van der Waals surface area contributed by atoms with Crippen molar-refractivity contribution in [3.63, 3.8) is 0 Å². The van der Waals surface area contributed by atoms with Gasteiger partial charge in [0.15, 0.2) is 0 Å². The van der Waals surface area contributed by atoms with E-state index in [1.54, 1.807) is 7.11 Å². The molecule has 0 saturated heterocycles. The summed E-state index contributed by atoms with van der Waals surface area (Å²) in [5.41, 5.74) is -0.0547. The Labute approximate surface area is 192 Å². The maximum atomic E-state index is 10.8. The molecule has 184 valence electrons. The van der Waals surface area contributed by atoms with Gasteiger partial charge in [-0.25, -0.2) is 0 Å². The lowest BCUT2D eigenvalue weighted by Crippen LogP contribution is -2.25. The predicted molar refractivity (Wildman–Crippen MR) is 128 cm³/mol. The first-order valence-corrected chi connectivity index (χ1v) is 13.1. The molecule has 6 atom stereocenters. The maximum absolute atomic E-state index is 10.8. The molecule has 0 amide bonds. The second kappa shape index (κ2) is 12.3. The van der Waals surface area contributed by atoms with Crippen molar-refractivity contribution in [3.8, 4) is 0 Å². The third kappa shape index (κ3) is 8.61. The van der Waals surface area contributed by atoms with Crippen LogP contribution >= 0.6 is 0 Å². The number of hydrogen-bond acceptors (Lipinski definition) is 4. The summed E-state index contributed by atoms with van der Waals surface area (Å²) < 4.78 is 5.52. The van der Waals surface area contributed by atoms with Gasteiger partial charge in [-0.1, -0.05) is 33.1 Å². The molecule has 4 heteroatoms. The van der Waals surface area contributed by atoms with Crippen molar-refractivity contribution in [1.29, 1.82) is 0 Å². The van der Waals surface area contributed by atoms with Crippen molar-refractivity contribution in [3.05, 3.63) is 0 Å². The van der Waals surface area contributed by atoms with E-state index < -0.39 is 0 Å². The van der Waals surface area contributed by atoms with Gasteiger partial charge in [-0.15, -0.1) is 0 Å². The molecule has 2 aliphatic rings. The summed E-state index contributed by atoms with van der Waals surface area (Å²) in [5.74, 6) is 1.80. The van der Waals surface area contributed by atoms with Gasteiger partial charge in [-0.05, 0) is 107 Å². The first kappa shape index (κ1) is 27.1. The largest absolute Gasteiger partial charge is 0.396 e. The summed E-state index contributed by atoms with van der Waals surface area (Å²) in [6, 6.07) is 0. The molecule has 0 spiro atoms. The average molecular weight is 441 g/mol. The van der Waals surface area contributed by atoms with Crippen LogP contribution in [-0.4, -0.2) is 46.8 Å². The van der Waals surface area contributed by atoms with E-state index in [1.165, 1.54) is 0 Å². The molecule has 0 aromatic heterocycles. The Morgan fingerprint density at radius 1 is 0.677 bits per heavy atom. The summed E-state index contributed by atoms with van der Waals surface area (Å²) in [6.45, 7) is 8.74. The molecule has 0 bridgehead atoms. The van der Waals surface area contributed by atoms with E-state index in [4.69, 9.17) is 4.74 Å². The lowest BCUT2D eigenvalue weighted by molar-refractivity contribution is 0.0100. The van der Waals surface area contributed by atoms with Crippen molar-refractivity contribution < 1.29 is 20.1 Å². The Morgan fingerprint density at radius 3 is 1.45 bits per heavy atom. The lowest BCUT2D eigenvalue weighted by atomic mass is 9.85. The molecule has 2 fully saturated rings. The SMILES string of the molecule is COC(C)(C)CCCC1CCC(CCCC2CCC(CCCC(C)(C)CO)C2O)C1O. The minimum Gasteiger partial charge on any atom is -0.396 e. The second-order valence-electron chi connectivity index (χ2n) is 12.2. The van der Waals surface area contributed by atoms with Crippen LogP contribution in [0.3, 0.4) is 0 Å². The zero-order chi connectivity index (χ0) is 23.1. The lowest BCUT2D eigenvalue weighted by Gasteiger charge is -2.25. The van der Waals surface area contributed by atoms with Crippen LogP contribution in [0.5, 0.6) is 0 Å². The first-order chi connectivity index (χ1) is 14.6. The number of aliphatic hydroxyl groups excluding tert-OH is 3. The summed E-state index contributed by atoms with van der Waals surface area (Å²) in [4.78, 5) is 0. The maximum Gasteiger partial charge on any atom is 0.0622 e. The number of ether oxygens (including phenoxy) is 1. The van der Waals surface area contributed by atoms with Crippen LogP contribution in [0.25, 0.3) is 0 Å². The third-order valence-electron chi connectivity index (χ3n) is 8.66. The van der Waals surface area contributed by atoms with E-state index in [9.17, 15) is 15.3 Å². The molecule has 0 aliphatic heterocycles. The Bertz CT molecular complexity index is 459. The Morgan fingerprint density at radius 2 is 1.06 bits per heavy atom. The van der Waals surface area contributed by atoms with Crippen LogP contribution in [0.2, 0.25) is 0 Å². The van der Waals surface area contributed by atoms with E-state index in [-0.39, 0.29) is 29.8 Å². The fraction of sp³-hybridized carbons (Fsp3) is 1.00. The van der Waals surface area contributed by atoms with Gasteiger partial charge in [-0.2, -0.15) is 0 Å². The molecular weight excluding hydrogens is 388 g/mol. The van der Waals surface area contributed by atoms with Gasteiger partial charge in [0, 0.05) is 13.7 Å². The summed E-state index contributed by atoms with van der Waals surface area (Å²) in [6.07, 6.45) is 14.2. The Hall–Kier alpha value is -0.160. The van der Waals surface area contributed by atoms with Crippen LogP contribution in [0.1, 0.15) is 111 Å². The fourth-order valence-electron chi connectivity index (χ4n) is 6.03. The van der Waals surface area contributed by atoms with Crippen LogP contribution in [-0.2, 0) is 4.74 Å². The quantitative estimate of drug-likeness (QED) is 0.323. The minimum atomic E-state index is -0.150. The Kier molecular flexibility index (Phi) is 10.8. The predicted octanol–water partition coefficient (Wildman–Crippen LogP) is 5.72. The first-order valence-electron chi connectivity index (χ1n) is 13.1. The van der Waals surface area contributed by atoms with Gasteiger partial charge in [0.2, 0.25) is 0 Å². The monoisotopic (exact) mass is 440 g/mol. The fourth-order valence-corrected chi connectivity index (χ4v) is 6.03. The summed E-state index contributed by atoms with van der Waals surface area (Å²) in [5, 5.41) is 31.0. The Balaban J connectivity index is 1.62. The number of rotatable bonds is 14. The molecule has 4 nitrogen and oxygen atoms in total. The molecule has 0 radical (unpaired) electrons. The second-order valence-corrected chi connectivity index (χ2v) is 12.2. The molecule has 6 unspecified atom stereocenters. The van der Waals surface area contributed by atoms with E-state index in [2.05, 4.69) is 27.7 Å². The van der Waals surface area contributed by atoms with Gasteiger partial charge in [0.05, 0.1) is 17.8 Å². The standard InChI is InChI=1S/C27H52O4/c1-26(2,19-28)17-7-11-22-15-13-20(24(22)29)9-6-10-21-14-16-23(25(21)30)12-8-18-27(3,4)31-5/h20-25,28-30H,6-19H2,1-5H3. The normalized spacial score (nSPS) is 32.1. The summed E-state index contributed by atoms with van der Waals surface area (Å²) >= 11 is 0. The van der Waals surface area contributed by atoms with Crippen molar-refractivity contribution in [2.75, 3.05) is 13.7 Å². The topological polar surface area (TPSA) is 69.9 Å². The molecule has 0 aromatic carbocycles. The number of hydrogen-bond donors (Lipinski definition) is 3.